The van der Waals surface area contributed by atoms with Gasteiger partial charge in [-0.3, -0.25) is 4.79 Å². The number of carbonyl (C=O) groups is 1. The molecule has 7 nitrogen and oxygen atoms in total. The molecule has 0 spiro atoms. The first-order chi connectivity index (χ1) is 23.0. The van der Waals surface area contributed by atoms with Gasteiger partial charge in [0.05, 0.1) is 30.8 Å². The van der Waals surface area contributed by atoms with Gasteiger partial charge >= 0.3 is 0 Å². The number of hydrogen-bond donors (Lipinski definition) is 0. The Labute approximate surface area is 275 Å². The molecular weight excluding hydrogens is 605 g/mol. The lowest BCUT2D eigenvalue weighted by atomic mass is 9.77. The van der Waals surface area contributed by atoms with Crippen molar-refractivity contribution in [2.24, 2.45) is 0 Å². The third-order valence-corrected chi connectivity index (χ3v) is 10.6. The third-order valence-electron chi connectivity index (χ3n) is 8.79. The summed E-state index contributed by atoms with van der Waals surface area (Å²) in [5.74, 6) is -0.277. The molecule has 0 N–H and O–H groups in total. The van der Waals surface area contributed by atoms with Crippen LogP contribution in [0.3, 0.4) is 0 Å². The number of para-hydroxylation sites is 1. The van der Waals surface area contributed by atoms with Gasteiger partial charge in [0.15, 0.2) is 0 Å². The average molecular weight is 639 g/mol. The minimum Gasteiger partial charge on any atom is -0.319 e. The van der Waals surface area contributed by atoms with Gasteiger partial charge in [-0.2, -0.15) is 4.31 Å². The predicted molar refractivity (Wildman–Crippen MR) is 183 cm³/mol. The Hall–Kier alpha value is -5.31. The minimum absolute atomic E-state index is 0.0591. The summed E-state index contributed by atoms with van der Waals surface area (Å²) in [5, 5.41) is 0. The van der Waals surface area contributed by atoms with Crippen LogP contribution in [0.4, 0.5) is 5.69 Å². The van der Waals surface area contributed by atoms with E-state index < -0.39 is 15.6 Å². The molecule has 0 saturated carbocycles. The van der Waals surface area contributed by atoms with Crippen molar-refractivity contribution in [1.29, 1.82) is 0 Å². The molecule has 1 aliphatic rings. The summed E-state index contributed by atoms with van der Waals surface area (Å²) in [6.45, 7) is 0.0157. The van der Waals surface area contributed by atoms with Crippen molar-refractivity contribution in [1.82, 2.24) is 13.9 Å². The summed E-state index contributed by atoms with van der Waals surface area (Å²) in [7, 11) is -4.03. The fourth-order valence-corrected chi connectivity index (χ4v) is 8.11. The molecule has 6 aromatic rings. The van der Waals surface area contributed by atoms with Gasteiger partial charge in [0, 0.05) is 12.7 Å². The zero-order chi connectivity index (χ0) is 32.3. The highest BCUT2D eigenvalue weighted by molar-refractivity contribution is 7.89. The number of sulfonamides is 1. The molecule has 8 heteroatoms. The van der Waals surface area contributed by atoms with E-state index in [2.05, 4.69) is 41.0 Å². The van der Waals surface area contributed by atoms with E-state index in [0.717, 1.165) is 22.3 Å². The molecule has 234 valence electrons. The SMILES string of the molecule is O=C1CN(Cc2cn(C(c3ccccc3)(c3ccccc3)c3ccccc3)cn2)S(=O)(=O)c2ccccc2N1CCc1ccccc1. The summed E-state index contributed by atoms with van der Waals surface area (Å²) in [6, 6.07) is 47.3. The summed E-state index contributed by atoms with van der Waals surface area (Å²) in [6.07, 6.45) is 4.26. The molecule has 0 bridgehead atoms. The maximum absolute atomic E-state index is 14.2. The van der Waals surface area contributed by atoms with Gasteiger partial charge in [0.1, 0.15) is 10.4 Å². The first-order valence-electron chi connectivity index (χ1n) is 15.6. The summed E-state index contributed by atoms with van der Waals surface area (Å²) < 4.78 is 31.6. The second kappa shape index (κ2) is 12.8. The van der Waals surface area contributed by atoms with Crippen LogP contribution in [0.15, 0.2) is 163 Å². The molecule has 5 aromatic carbocycles. The van der Waals surface area contributed by atoms with Crippen LogP contribution in [0.25, 0.3) is 0 Å². The summed E-state index contributed by atoms with van der Waals surface area (Å²) >= 11 is 0. The maximum Gasteiger partial charge on any atom is 0.245 e. The molecule has 0 radical (unpaired) electrons. The van der Waals surface area contributed by atoms with Gasteiger partial charge < -0.3 is 9.47 Å². The molecule has 1 aliphatic heterocycles. The number of aromatic nitrogens is 2. The monoisotopic (exact) mass is 638 g/mol. The number of fused-ring (bicyclic) bond motifs is 1. The van der Waals surface area contributed by atoms with Crippen LogP contribution in [0.1, 0.15) is 27.9 Å². The van der Waals surface area contributed by atoms with E-state index in [1.165, 1.54) is 4.31 Å². The van der Waals surface area contributed by atoms with Crippen LogP contribution in [-0.4, -0.2) is 41.3 Å². The van der Waals surface area contributed by atoms with Gasteiger partial charge in [-0.1, -0.05) is 133 Å². The molecule has 1 aromatic heterocycles. The number of benzene rings is 5. The van der Waals surface area contributed by atoms with Crippen molar-refractivity contribution in [3.05, 3.63) is 186 Å². The van der Waals surface area contributed by atoms with E-state index in [0.29, 0.717) is 24.3 Å². The predicted octanol–water partition coefficient (Wildman–Crippen LogP) is 6.50. The van der Waals surface area contributed by atoms with E-state index >= 15 is 0 Å². The minimum atomic E-state index is -4.03. The number of nitrogens with zero attached hydrogens (tertiary/aromatic N) is 4. The van der Waals surface area contributed by atoms with Crippen molar-refractivity contribution < 1.29 is 13.2 Å². The highest BCUT2D eigenvalue weighted by atomic mass is 32.2. The van der Waals surface area contributed by atoms with Gasteiger partial charge in [-0.15, -0.1) is 0 Å². The van der Waals surface area contributed by atoms with Crippen LogP contribution in [0.5, 0.6) is 0 Å². The molecule has 47 heavy (non-hydrogen) atoms. The lowest BCUT2D eigenvalue weighted by molar-refractivity contribution is -0.118. The number of anilines is 1. The highest BCUT2D eigenvalue weighted by Crippen LogP contribution is 2.41. The van der Waals surface area contributed by atoms with Crippen LogP contribution in [0.2, 0.25) is 0 Å². The molecule has 1 amide bonds. The quantitative estimate of drug-likeness (QED) is 0.170. The number of rotatable bonds is 9. The Balaban J connectivity index is 1.28. The molecular formula is C39H34N4O3S. The van der Waals surface area contributed by atoms with Crippen molar-refractivity contribution in [3.8, 4) is 0 Å². The molecule has 0 unspecified atom stereocenters. The van der Waals surface area contributed by atoms with Crippen molar-refractivity contribution >= 4 is 21.6 Å². The van der Waals surface area contributed by atoms with Gasteiger partial charge in [0.2, 0.25) is 15.9 Å². The van der Waals surface area contributed by atoms with Crippen molar-refractivity contribution in [3.63, 3.8) is 0 Å². The fourth-order valence-electron chi connectivity index (χ4n) is 6.56. The topological polar surface area (TPSA) is 75.5 Å². The van der Waals surface area contributed by atoms with E-state index in [1.54, 1.807) is 35.5 Å². The van der Waals surface area contributed by atoms with Crippen LogP contribution in [-0.2, 0) is 33.3 Å². The van der Waals surface area contributed by atoms with Gasteiger partial charge in [-0.25, -0.2) is 13.4 Å². The van der Waals surface area contributed by atoms with Crippen molar-refractivity contribution in [2.75, 3.05) is 18.0 Å². The zero-order valence-corrected chi connectivity index (χ0v) is 26.6. The third kappa shape index (κ3) is 5.67. The van der Waals surface area contributed by atoms with Crippen molar-refractivity contribution in [2.45, 2.75) is 23.4 Å². The lowest BCUT2D eigenvalue weighted by Crippen LogP contribution is -2.40. The van der Waals surface area contributed by atoms with E-state index in [1.807, 2.05) is 91.1 Å². The standard InChI is InChI=1S/C39H34N4O3S/c44-38-29-42(47(45,46)37-24-14-13-23-36(37)43(38)26-25-31-15-5-1-6-16-31)28-35-27-41(30-40-35)39(32-17-7-2-8-18-32,33-19-9-3-10-20-33)34-21-11-4-12-22-34/h1-24,27,30H,25-26,28-29H2. The van der Waals surface area contributed by atoms with E-state index in [9.17, 15) is 13.2 Å². The normalized spacial score (nSPS) is 14.8. The zero-order valence-electron chi connectivity index (χ0n) is 25.8. The number of carbonyl (C=O) groups excluding carboxylic acids is 1. The lowest BCUT2D eigenvalue weighted by Gasteiger charge is -2.37. The van der Waals surface area contributed by atoms with Gasteiger partial charge in [0.25, 0.3) is 0 Å². The number of hydrogen-bond acceptors (Lipinski definition) is 4. The molecule has 0 atom stereocenters. The van der Waals surface area contributed by atoms with E-state index in [-0.39, 0.29) is 23.9 Å². The Kier molecular flexibility index (Phi) is 8.28. The molecule has 0 saturated heterocycles. The summed E-state index contributed by atoms with van der Waals surface area (Å²) in [4.78, 5) is 20.3. The fraction of sp³-hybridized carbons (Fsp3) is 0.128. The number of imidazole rings is 1. The Morgan fingerprint density at radius 2 is 1.17 bits per heavy atom. The van der Waals surface area contributed by atoms with Crippen LogP contribution < -0.4 is 4.90 Å². The number of amides is 1. The van der Waals surface area contributed by atoms with E-state index in [4.69, 9.17) is 4.98 Å². The molecule has 7 rings (SSSR count). The first kappa shape index (κ1) is 30.3. The second-order valence-electron chi connectivity index (χ2n) is 11.6. The largest absolute Gasteiger partial charge is 0.319 e. The maximum atomic E-state index is 14.2. The average Bonchev–Trinajstić information content (AvgIpc) is 3.56. The van der Waals surface area contributed by atoms with Crippen LogP contribution in [0, 0.1) is 0 Å². The summed E-state index contributed by atoms with van der Waals surface area (Å²) in [5.41, 5.74) is 4.31. The Morgan fingerprint density at radius 3 is 1.74 bits per heavy atom. The molecule has 0 fully saturated rings. The first-order valence-corrected chi connectivity index (χ1v) is 17.1. The second-order valence-corrected chi connectivity index (χ2v) is 13.5. The highest BCUT2D eigenvalue weighted by Gasteiger charge is 2.40. The van der Waals surface area contributed by atoms with Crippen LogP contribution >= 0.6 is 0 Å². The molecule has 2 heterocycles. The smallest absolute Gasteiger partial charge is 0.245 e. The molecule has 0 aliphatic carbocycles. The Bertz CT molecular complexity index is 1990. The Morgan fingerprint density at radius 1 is 0.660 bits per heavy atom. The van der Waals surface area contributed by atoms with Gasteiger partial charge in [-0.05, 0) is 40.8 Å².